The highest BCUT2D eigenvalue weighted by atomic mass is 16.3. The molecule has 0 bridgehead atoms. The van der Waals surface area contributed by atoms with Gasteiger partial charge in [0.2, 0.25) is 0 Å². The van der Waals surface area contributed by atoms with Crippen molar-refractivity contribution in [2.24, 2.45) is 0 Å². The third-order valence-corrected chi connectivity index (χ3v) is 9.13. The molecule has 5 nitrogen and oxygen atoms in total. The summed E-state index contributed by atoms with van der Waals surface area (Å²) in [6.45, 7) is 0. The second-order valence-electron chi connectivity index (χ2n) is 12.0. The predicted octanol–water partition coefficient (Wildman–Crippen LogP) is 11.5. The van der Waals surface area contributed by atoms with Gasteiger partial charge in [0.25, 0.3) is 0 Å². The van der Waals surface area contributed by atoms with E-state index in [1.807, 2.05) is 72.8 Å². The fraction of sp³-hybridized carbons (Fsp3) is 0. The largest absolute Gasteiger partial charge is 0.456 e. The summed E-state index contributed by atoms with van der Waals surface area (Å²) in [5, 5.41) is 6.42. The van der Waals surface area contributed by atoms with Gasteiger partial charge >= 0.3 is 0 Å². The van der Waals surface area contributed by atoms with Crippen molar-refractivity contribution in [3.63, 3.8) is 0 Å². The highest BCUT2D eigenvalue weighted by Crippen LogP contribution is 2.44. The number of nitrogens with zero attached hydrogens (tertiary/aromatic N) is 3. The van der Waals surface area contributed by atoms with Crippen LogP contribution in [0.15, 0.2) is 160 Å². The van der Waals surface area contributed by atoms with Gasteiger partial charge < -0.3 is 8.83 Å². The average molecular weight is 616 g/mol. The van der Waals surface area contributed by atoms with Crippen LogP contribution in [0.1, 0.15) is 0 Å². The number of fused-ring (bicyclic) bond motifs is 7. The lowest BCUT2D eigenvalue weighted by atomic mass is 9.95. The lowest BCUT2D eigenvalue weighted by Gasteiger charge is -2.10. The van der Waals surface area contributed by atoms with E-state index in [2.05, 4.69) is 78.9 Å². The number of hydrogen-bond acceptors (Lipinski definition) is 5. The van der Waals surface area contributed by atoms with E-state index in [-0.39, 0.29) is 0 Å². The minimum absolute atomic E-state index is 0.581. The zero-order chi connectivity index (χ0) is 31.6. The fourth-order valence-electron chi connectivity index (χ4n) is 6.91. The zero-order valence-corrected chi connectivity index (χ0v) is 25.6. The van der Waals surface area contributed by atoms with Gasteiger partial charge in [0.15, 0.2) is 17.5 Å². The Morgan fingerprint density at radius 1 is 0.354 bits per heavy atom. The molecule has 0 aliphatic heterocycles. The van der Waals surface area contributed by atoms with Crippen molar-refractivity contribution in [3.8, 4) is 45.3 Å². The van der Waals surface area contributed by atoms with Crippen LogP contribution in [0.5, 0.6) is 0 Å². The molecule has 0 unspecified atom stereocenters. The maximum absolute atomic E-state index is 6.52. The van der Waals surface area contributed by atoms with Crippen molar-refractivity contribution in [1.29, 1.82) is 0 Å². The molecule has 0 N–H and O–H groups in total. The molecular weight excluding hydrogens is 590 g/mol. The van der Waals surface area contributed by atoms with Crippen LogP contribution in [-0.4, -0.2) is 15.0 Å². The van der Waals surface area contributed by atoms with Crippen LogP contribution in [0.3, 0.4) is 0 Å². The number of rotatable bonds is 4. The van der Waals surface area contributed by atoms with E-state index in [0.717, 1.165) is 77.1 Å². The summed E-state index contributed by atoms with van der Waals surface area (Å²) in [4.78, 5) is 15.2. The van der Waals surface area contributed by atoms with Crippen LogP contribution in [0.4, 0.5) is 0 Å². The van der Waals surface area contributed by atoms with E-state index in [0.29, 0.717) is 17.5 Å². The molecule has 7 aromatic carbocycles. The van der Waals surface area contributed by atoms with Crippen LogP contribution >= 0.6 is 0 Å². The Hall–Kier alpha value is -6.59. The Bertz CT molecular complexity index is 2850. The van der Waals surface area contributed by atoms with E-state index < -0.39 is 0 Å². The van der Waals surface area contributed by atoms with Gasteiger partial charge in [-0.25, -0.2) is 15.0 Å². The minimum Gasteiger partial charge on any atom is -0.456 e. The van der Waals surface area contributed by atoms with Gasteiger partial charge in [-0.2, -0.15) is 0 Å². The standard InChI is InChI=1S/C43H25N3O2/c1-2-12-27(13-3-1)41-44-42(29-24-23-26-11-4-5-14-28(26)25-29)46-43(45-41)34-19-10-22-37-39(34)38-31(16-9-21-36(38)47-37)33-18-8-17-32-30-15-6-7-20-35(30)48-40(32)33/h1-25H. The molecule has 0 spiro atoms. The second kappa shape index (κ2) is 10.5. The van der Waals surface area contributed by atoms with Crippen LogP contribution in [0, 0.1) is 0 Å². The molecule has 0 aliphatic rings. The fourth-order valence-corrected chi connectivity index (χ4v) is 6.91. The molecule has 3 heterocycles. The molecule has 3 aromatic heterocycles. The van der Waals surface area contributed by atoms with Crippen LogP contribution < -0.4 is 0 Å². The quantitative estimate of drug-likeness (QED) is 0.197. The lowest BCUT2D eigenvalue weighted by molar-refractivity contribution is 0.668. The maximum Gasteiger partial charge on any atom is 0.164 e. The summed E-state index contributed by atoms with van der Waals surface area (Å²) in [5.74, 6) is 1.81. The molecule has 0 amide bonds. The maximum atomic E-state index is 6.52. The van der Waals surface area contributed by atoms with Crippen molar-refractivity contribution in [2.75, 3.05) is 0 Å². The molecule has 10 aromatic rings. The Kier molecular flexibility index (Phi) is 5.81. The smallest absolute Gasteiger partial charge is 0.164 e. The first-order valence-corrected chi connectivity index (χ1v) is 15.9. The summed E-state index contributed by atoms with van der Waals surface area (Å²) < 4.78 is 13.0. The van der Waals surface area contributed by atoms with Crippen LogP contribution in [0.25, 0.3) is 99.9 Å². The molecular formula is C43H25N3O2. The van der Waals surface area contributed by atoms with E-state index in [1.165, 1.54) is 5.39 Å². The zero-order valence-electron chi connectivity index (χ0n) is 25.6. The highest BCUT2D eigenvalue weighted by molar-refractivity contribution is 6.20. The van der Waals surface area contributed by atoms with E-state index in [4.69, 9.17) is 23.8 Å². The Balaban J connectivity index is 1.25. The van der Waals surface area contributed by atoms with Crippen molar-refractivity contribution < 1.29 is 8.83 Å². The molecule has 0 saturated heterocycles. The van der Waals surface area contributed by atoms with Crippen LogP contribution in [-0.2, 0) is 0 Å². The van der Waals surface area contributed by atoms with Gasteiger partial charge in [-0.3, -0.25) is 0 Å². The van der Waals surface area contributed by atoms with Crippen molar-refractivity contribution in [3.05, 3.63) is 152 Å². The molecule has 10 rings (SSSR count). The highest BCUT2D eigenvalue weighted by Gasteiger charge is 2.22. The first kappa shape index (κ1) is 26.6. The molecule has 48 heavy (non-hydrogen) atoms. The Morgan fingerprint density at radius 2 is 0.958 bits per heavy atom. The van der Waals surface area contributed by atoms with Gasteiger partial charge in [-0.15, -0.1) is 0 Å². The van der Waals surface area contributed by atoms with Crippen molar-refractivity contribution in [2.45, 2.75) is 0 Å². The van der Waals surface area contributed by atoms with Gasteiger partial charge in [0, 0.05) is 43.8 Å². The number of furan rings is 2. The number of hydrogen-bond donors (Lipinski definition) is 0. The third-order valence-electron chi connectivity index (χ3n) is 9.13. The van der Waals surface area contributed by atoms with E-state index in [9.17, 15) is 0 Å². The van der Waals surface area contributed by atoms with Crippen molar-refractivity contribution in [1.82, 2.24) is 15.0 Å². The normalized spacial score (nSPS) is 11.8. The number of para-hydroxylation sites is 2. The van der Waals surface area contributed by atoms with E-state index in [1.54, 1.807) is 0 Å². The molecule has 0 fully saturated rings. The summed E-state index contributed by atoms with van der Waals surface area (Å²) >= 11 is 0. The summed E-state index contributed by atoms with van der Waals surface area (Å²) in [5.41, 5.74) is 8.01. The average Bonchev–Trinajstić information content (AvgIpc) is 3.74. The Labute approximate surface area is 274 Å². The van der Waals surface area contributed by atoms with Crippen molar-refractivity contribution >= 4 is 54.6 Å². The molecule has 0 aliphatic carbocycles. The first-order chi connectivity index (χ1) is 23.8. The SMILES string of the molecule is c1ccc(-c2nc(-c3ccc4ccccc4c3)nc(-c3cccc4oc5cccc(-c6cccc7c6oc6ccccc67)c5c34)n2)cc1. The number of aromatic nitrogens is 3. The third kappa shape index (κ3) is 4.15. The topological polar surface area (TPSA) is 65.0 Å². The predicted molar refractivity (Wildman–Crippen MR) is 194 cm³/mol. The van der Waals surface area contributed by atoms with E-state index >= 15 is 0 Å². The summed E-state index contributed by atoms with van der Waals surface area (Å²) in [6, 6.07) is 51.5. The minimum atomic E-state index is 0.581. The van der Waals surface area contributed by atoms with Gasteiger partial charge in [-0.05, 0) is 40.6 Å². The first-order valence-electron chi connectivity index (χ1n) is 15.9. The molecule has 0 saturated carbocycles. The second-order valence-corrected chi connectivity index (χ2v) is 12.0. The van der Waals surface area contributed by atoms with Gasteiger partial charge in [0.05, 0.1) is 0 Å². The summed E-state index contributed by atoms with van der Waals surface area (Å²) in [7, 11) is 0. The van der Waals surface area contributed by atoms with Gasteiger partial charge in [0.1, 0.15) is 22.3 Å². The molecule has 0 radical (unpaired) electrons. The van der Waals surface area contributed by atoms with Crippen LogP contribution in [0.2, 0.25) is 0 Å². The van der Waals surface area contributed by atoms with Gasteiger partial charge in [-0.1, -0.05) is 127 Å². The number of benzene rings is 7. The molecule has 224 valence electrons. The monoisotopic (exact) mass is 615 g/mol. The lowest BCUT2D eigenvalue weighted by Crippen LogP contribution is -2.00. The molecule has 0 atom stereocenters. The molecule has 5 heteroatoms. The Morgan fingerprint density at radius 3 is 1.81 bits per heavy atom. The summed E-state index contributed by atoms with van der Waals surface area (Å²) in [6.07, 6.45) is 0.